The Bertz CT molecular complexity index is 604. The van der Waals surface area contributed by atoms with Gasteiger partial charge in [-0.25, -0.2) is 8.42 Å². The van der Waals surface area contributed by atoms with Crippen molar-refractivity contribution in [2.24, 2.45) is 5.92 Å². The fourth-order valence-electron chi connectivity index (χ4n) is 2.16. The highest BCUT2D eigenvalue weighted by molar-refractivity contribution is 7.91. The summed E-state index contributed by atoms with van der Waals surface area (Å²) in [5, 5.41) is 2.61. The maximum Gasteiger partial charge on any atom is 0.221 e. The van der Waals surface area contributed by atoms with E-state index in [-0.39, 0.29) is 23.2 Å². The lowest BCUT2D eigenvalue weighted by Crippen LogP contribution is -2.16. The number of rotatable bonds is 3. The minimum absolute atomic E-state index is 0.0563. The molecule has 1 heterocycles. The van der Waals surface area contributed by atoms with E-state index in [2.05, 4.69) is 5.32 Å². The summed E-state index contributed by atoms with van der Waals surface area (Å²) >= 11 is 0. The molecule has 1 N–H and O–H groups in total. The van der Waals surface area contributed by atoms with Crippen LogP contribution < -0.4 is 5.32 Å². The van der Waals surface area contributed by atoms with Crippen LogP contribution in [-0.2, 0) is 14.6 Å². The molecule has 1 aromatic carbocycles. The molecule has 1 amide bonds. The number of sulfone groups is 1. The number of hydrogen-bond acceptors (Lipinski definition) is 4. The summed E-state index contributed by atoms with van der Waals surface area (Å²) in [6.45, 7) is 1.41. The van der Waals surface area contributed by atoms with Crippen LogP contribution in [0.25, 0.3) is 0 Å². The van der Waals surface area contributed by atoms with Crippen LogP contribution in [0.15, 0.2) is 24.3 Å². The molecule has 1 saturated heterocycles. The molecule has 1 aliphatic heterocycles. The predicted octanol–water partition coefficient (Wildman–Crippen LogP) is 1.26. The van der Waals surface area contributed by atoms with E-state index in [0.717, 1.165) is 0 Å². The van der Waals surface area contributed by atoms with Crippen LogP contribution in [0.3, 0.4) is 0 Å². The first-order chi connectivity index (χ1) is 8.87. The van der Waals surface area contributed by atoms with Gasteiger partial charge >= 0.3 is 0 Å². The van der Waals surface area contributed by atoms with Gasteiger partial charge in [-0.05, 0) is 30.7 Å². The van der Waals surface area contributed by atoms with Gasteiger partial charge in [0.25, 0.3) is 0 Å². The molecule has 1 aliphatic rings. The van der Waals surface area contributed by atoms with E-state index >= 15 is 0 Å². The Hall–Kier alpha value is -1.69. The highest BCUT2D eigenvalue weighted by Crippen LogP contribution is 2.23. The van der Waals surface area contributed by atoms with Crippen LogP contribution in [0.2, 0.25) is 0 Å². The summed E-state index contributed by atoms with van der Waals surface area (Å²) in [4.78, 5) is 23.0. The Morgan fingerprint density at radius 3 is 2.32 bits per heavy atom. The van der Waals surface area contributed by atoms with E-state index in [1.54, 1.807) is 24.3 Å². The number of ketones is 1. The van der Waals surface area contributed by atoms with Gasteiger partial charge in [0, 0.05) is 24.1 Å². The highest BCUT2D eigenvalue weighted by Gasteiger charge is 2.33. The van der Waals surface area contributed by atoms with Crippen molar-refractivity contribution in [2.75, 3.05) is 16.8 Å². The third-order valence-electron chi connectivity index (χ3n) is 3.09. The van der Waals surface area contributed by atoms with E-state index in [1.807, 2.05) is 0 Å². The second-order valence-corrected chi connectivity index (χ2v) is 6.95. The number of Topliss-reactive ketones (excluding diaryl/α,β-unsaturated/α-hetero) is 1. The molecule has 1 aromatic rings. The Morgan fingerprint density at radius 1 is 1.21 bits per heavy atom. The van der Waals surface area contributed by atoms with Gasteiger partial charge in [-0.15, -0.1) is 0 Å². The van der Waals surface area contributed by atoms with Gasteiger partial charge in [-0.1, -0.05) is 0 Å². The molecule has 0 aromatic heterocycles. The van der Waals surface area contributed by atoms with Crippen molar-refractivity contribution in [2.45, 2.75) is 13.3 Å². The first-order valence-corrected chi connectivity index (χ1v) is 7.82. The number of carbonyl (C=O) groups is 2. The molecule has 6 heteroatoms. The highest BCUT2D eigenvalue weighted by atomic mass is 32.2. The molecule has 0 bridgehead atoms. The van der Waals surface area contributed by atoms with Crippen molar-refractivity contribution >= 4 is 27.2 Å². The van der Waals surface area contributed by atoms with Gasteiger partial charge in [-0.3, -0.25) is 9.59 Å². The van der Waals surface area contributed by atoms with Gasteiger partial charge in [0.2, 0.25) is 5.91 Å². The fraction of sp³-hybridized carbons (Fsp3) is 0.385. The molecule has 0 radical (unpaired) electrons. The predicted molar refractivity (Wildman–Crippen MR) is 71.8 cm³/mol. The lowest BCUT2D eigenvalue weighted by molar-refractivity contribution is -0.114. The number of nitrogens with one attached hydrogen (secondary N) is 1. The van der Waals surface area contributed by atoms with Crippen LogP contribution in [0.1, 0.15) is 23.7 Å². The second kappa shape index (κ2) is 5.13. The number of benzene rings is 1. The Labute approximate surface area is 111 Å². The summed E-state index contributed by atoms with van der Waals surface area (Å²) in [5.41, 5.74) is 1.10. The molecular weight excluding hydrogens is 266 g/mol. The van der Waals surface area contributed by atoms with Gasteiger partial charge in [0.15, 0.2) is 15.6 Å². The quantitative estimate of drug-likeness (QED) is 0.846. The van der Waals surface area contributed by atoms with Crippen LogP contribution in [-0.4, -0.2) is 31.6 Å². The smallest absolute Gasteiger partial charge is 0.221 e. The fourth-order valence-corrected chi connectivity index (χ4v) is 3.90. The molecule has 5 nitrogen and oxygen atoms in total. The third kappa shape index (κ3) is 3.41. The van der Waals surface area contributed by atoms with Crippen molar-refractivity contribution in [3.63, 3.8) is 0 Å². The monoisotopic (exact) mass is 281 g/mol. The molecule has 0 aliphatic carbocycles. The summed E-state index contributed by atoms with van der Waals surface area (Å²) in [5.74, 6) is -0.722. The lowest BCUT2D eigenvalue weighted by Gasteiger charge is -2.08. The Kier molecular flexibility index (Phi) is 3.71. The number of hydrogen-bond donors (Lipinski definition) is 1. The zero-order chi connectivity index (χ0) is 14.0. The van der Waals surface area contributed by atoms with Crippen LogP contribution in [0.5, 0.6) is 0 Å². The maximum atomic E-state index is 12.1. The largest absolute Gasteiger partial charge is 0.326 e. The van der Waals surface area contributed by atoms with Crippen LogP contribution >= 0.6 is 0 Å². The third-order valence-corrected chi connectivity index (χ3v) is 4.86. The topological polar surface area (TPSA) is 80.3 Å². The van der Waals surface area contributed by atoms with Gasteiger partial charge < -0.3 is 5.32 Å². The van der Waals surface area contributed by atoms with Gasteiger partial charge in [-0.2, -0.15) is 0 Å². The molecule has 1 fully saturated rings. The molecule has 1 atom stereocenters. The van der Waals surface area contributed by atoms with Crippen molar-refractivity contribution < 1.29 is 18.0 Å². The van der Waals surface area contributed by atoms with Crippen molar-refractivity contribution in [3.8, 4) is 0 Å². The lowest BCUT2D eigenvalue weighted by atomic mass is 9.97. The SMILES string of the molecule is CC(=O)Nc1ccc(C(=O)C2CCS(=O)(=O)C2)cc1. The summed E-state index contributed by atoms with van der Waals surface area (Å²) in [7, 11) is -3.05. The number of anilines is 1. The molecule has 102 valence electrons. The van der Waals surface area contributed by atoms with Crippen molar-refractivity contribution in [3.05, 3.63) is 29.8 Å². The van der Waals surface area contributed by atoms with Crippen LogP contribution in [0.4, 0.5) is 5.69 Å². The number of amides is 1. The average molecular weight is 281 g/mol. The minimum Gasteiger partial charge on any atom is -0.326 e. The first kappa shape index (κ1) is 13.7. The summed E-state index contributed by atoms with van der Waals surface area (Å²) in [6.07, 6.45) is 0.397. The molecule has 19 heavy (non-hydrogen) atoms. The van der Waals surface area contributed by atoms with Crippen LogP contribution in [0, 0.1) is 5.92 Å². The number of carbonyl (C=O) groups excluding carboxylic acids is 2. The zero-order valence-electron chi connectivity index (χ0n) is 10.5. The minimum atomic E-state index is -3.05. The average Bonchev–Trinajstić information content (AvgIpc) is 2.69. The van der Waals surface area contributed by atoms with Gasteiger partial charge in [0.1, 0.15) is 0 Å². The van der Waals surface area contributed by atoms with Crippen molar-refractivity contribution in [1.29, 1.82) is 0 Å². The molecular formula is C13H15NO4S. The molecule has 2 rings (SSSR count). The standard InChI is InChI=1S/C13H15NO4S/c1-9(15)14-12-4-2-10(3-5-12)13(16)11-6-7-19(17,18)8-11/h2-5,11H,6-8H2,1H3,(H,14,15). The zero-order valence-corrected chi connectivity index (χ0v) is 11.4. The summed E-state index contributed by atoms with van der Waals surface area (Å²) < 4.78 is 22.7. The molecule has 0 saturated carbocycles. The molecule has 1 unspecified atom stereocenters. The van der Waals surface area contributed by atoms with E-state index in [1.165, 1.54) is 6.92 Å². The summed E-state index contributed by atoms with van der Waals surface area (Å²) in [6, 6.07) is 6.49. The van der Waals surface area contributed by atoms with Gasteiger partial charge in [0.05, 0.1) is 11.5 Å². The molecule has 0 spiro atoms. The van der Waals surface area contributed by atoms with E-state index < -0.39 is 15.8 Å². The first-order valence-electron chi connectivity index (χ1n) is 6.00. The van der Waals surface area contributed by atoms with E-state index in [9.17, 15) is 18.0 Å². The second-order valence-electron chi connectivity index (χ2n) is 4.72. The normalized spacial score (nSPS) is 21.0. The Balaban J connectivity index is 2.10. The van der Waals surface area contributed by atoms with E-state index in [0.29, 0.717) is 17.7 Å². The van der Waals surface area contributed by atoms with Crippen molar-refractivity contribution in [1.82, 2.24) is 0 Å². The maximum absolute atomic E-state index is 12.1. The van der Waals surface area contributed by atoms with E-state index in [4.69, 9.17) is 0 Å². The Morgan fingerprint density at radius 2 is 1.84 bits per heavy atom.